The molecular formula is C11H16N2O2. The number of rotatable bonds is 3. The number of carbonyl (C=O) groups is 1. The molecule has 0 saturated carbocycles. The molecule has 3 N–H and O–H groups in total. The Balaban J connectivity index is 3.00. The van der Waals surface area contributed by atoms with Crippen LogP contribution in [0, 0.1) is 0 Å². The average molecular weight is 208 g/mol. The van der Waals surface area contributed by atoms with Crippen LogP contribution in [0.15, 0.2) is 24.3 Å². The number of nitrogens with two attached hydrogens (primary N) is 1. The fourth-order valence-electron chi connectivity index (χ4n) is 1.32. The summed E-state index contributed by atoms with van der Waals surface area (Å²) in [5.41, 5.74) is 2.42. The maximum Gasteiger partial charge on any atom is 0.243 e. The Kier molecular flexibility index (Phi) is 3.31. The summed E-state index contributed by atoms with van der Waals surface area (Å²) in [6.07, 6.45) is 0. The van der Waals surface area contributed by atoms with Gasteiger partial charge in [0.1, 0.15) is 5.75 Å². The molecule has 4 heteroatoms. The lowest BCUT2D eigenvalue weighted by Gasteiger charge is -2.22. The second kappa shape index (κ2) is 4.31. The molecule has 82 valence electrons. The molecule has 1 amide bonds. The number of methoxy groups -OCH3 is 1. The van der Waals surface area contributed by atoms with Crippen molar-refractivity contribution in [1.82, 2.24) is 5.43 Å². The van der Waals surface area contributed by atoms with Crippen LogP contribution in [-0.4, -0.2) is 13.0 Å². The van der Waals surface area contributed by atoms with Gasteiger partial charge in [-0.1, -0.05) is 12.1 Å². The molecular weight excluding hydrogens is 192 g/mol. The van der Waals surface area contributed by atoms with E-state index in [1.54, 1.807) is 7.11 Å². The van der Waals surface area contributed by atoms with Crippen molar-refractivity contribution in [3.05, 3.63) is 29.8 Å². The zero-order chi connectivity index (χ0) is 11.5. The highest BCUT2D eigenvalue weighted by Gasteiger charge is 2.28. The predicted molar refractivity (Wildman–Crippen MR) is 58.4 cm³/mol. The van der Waals surface area contributed by atoms with E-state index in [1.807, 2.05) is 38.1 Å². The van der Waals surface area contributed by atoms with Gasteiger partial charge >= 0.3 is 0 Å². The van der Waals surface area contributed by atoms with Gasteiger partial charge < -0.3 is 4.74 Å². The van der Waals surface area contributed by atoms with Crippen molar-refractivity contribution in [2.45, 2.75) is 19.3 Å². The van der Waals surface area contributed by atoms with E-state index in [4.69, 9.17) is 10.6 Å². The topological polar surface area (TPSA) is 64.3 Å². The Hall–Kier alpha value is -1.55. The normalized spacial score (nSPS) is 10.9. The van der Waals surface area contributed by atoms with Gasteiger partial charge in [0.25, 0.3) is 0 Å². The van der Waals surface area contributed by atoms with Crippen LogP contribution in [0.3, 0.4) is 0 Å². The van der Waals surface area contributed by atoms with Crippen molar-refractivity contribution < 1.29 is 9.53 Å². The van der Waals surface area contributed by atoms with Gasteiger partial charge in [0.05, 0.1) is 12.5 Å². The van der Waals surface area contributed by atoms with Crippen molar-refractivity contribution in [3.8, 4) is 5.75 Å². The van der Waals surface area contributed by atoms with Crippen LogP contribution in [0.1, 0.15) is 19.4 Å². The van der Waals surface area contributed by atoms with Gasteiger partial charge in [-0.25, -0.2) is 5.84 Å². The molecule has 4 nitrogen and oxygen atoms in total. The summed E-state index contributed by atoms with van der Waals surface area (Å²) in [4.78, 5) is 11.5. The molecule has 0 spiro atoms. The van der Waals surface area contributed by atoms with Crippen LogP contribution >= 0.6 is 0 Å². The Morgan fingerprint density at radius 2 is 1.87 bits per heavy atom. The van der Waals surface area contributed by atoms with Crippen LogP contribution < -0.4 is 16.0 Å². The SMILES string of the molecule is COc1ccc(C(C)(C)C(=O)NN)cc1. The molecule has 0 aliphatic heterocycles. The summed E-state index contributed by atoms with van der Waals surface area (Å²) >= 11 is 0. The van der Waals surface area contributed by atoms with Crippen LogP contribution in [0.2, 0.25) is 0 Å². The third kappa shape index (κ3) is 2.27. The number of hydrogen-bond acceptors (Lipinski definition) is 3. The van der Waals surface area contributed by atoms with Gasteiger partial charge in [-0.15, -0.1) is 0 Å². The van der Waals surface area contributed by atoms with Crippen molar-refractivity contribution >= 4 is 5.91 Å². The van der Waals surface area contributed by atoms with Gasteiger partial charge in [-0.3, -0.25) is 10.2 Å². The molecule has 1 aromatic rings. The Labute approximate surface area is 89.4 Å². The highest BCUT2D eigenvalue weighted by Crippen LogP contribution is 2.25. The van der Waals surface area contributed by atoms with Gasteiger partial charge in [0.15, 0.2) is 0 Å². The largest absolute Gasteiger partial charge is 0.497 e. The molecule has 0 atom stereocenters. The third-order valence-corrected chi connectivity index (χ3v) is 2.51. The molecule has 0 unspecified atom stereocenters. The van der Waals surface area contributed by atoms with Crippen LogP contribution in [0.5, 0.6) is 5.75 Å². The molecule has 0 radical (unpaired) electrons. The fourth-order valence-corrected chi connectivity index (χ4v) is 1.32. The standard InChI is InChI=1S/C11H16N2O2/c1-11(2,10(14)13-12)8-4-6-9(15-3)7-5-8/h4-7H,12H2,1-3H3,(H,13,14). The maximum atomic E-state index is 11.5. The summed E-state index contributed by atoms with van der Waals surface area (Å²) in [6.45, 7) is 3.63. The lowest BCUT2D eigenvalue weighted by molar-refractivity contribution is -0.125. The molecule has 0 aliphatic rings. The highest BCUT2D eigenvalue weighted by atomic mass is 16.5. The molecule has 15 heavy (non-hydrogen) atoms. The first-order valence-electron chi connectivity index (χ1n) is 4.68. The lowest BCUT2D eigenvalue weighted by atomic mass is 9.84. The number of hydrogen-bond donors (Lipinski definition) is 2. The molecule has 1 aromatic carbocycles. The highest BCUT2D eigenvalue weighted by molar-refractivity contribution is 5.86. The van der Waals surface area contributed by atoms with Crippen LogP contribution in [-0.2, 0) is 10.2 Å². The fraction of sp³-hybridized carbons (Fsp3) is 0.364. The van der Waals surface area contributed by atoms with E-state index in [2.05, 4.69) is 5.43 Å². The molecule has 0 fully saturated rings. The van der Waals surface area contributed by atoms with Crippen molar-refractivity contribution in [2.24, 2.45) is 5.84 Å². The van der Waals surface area contributed by atoms with E-state index >= 15 is 0 Å². The molecule has 0 bridgehead atoms. The summed E-state index contributed by atoms with van der Waals surface area (Å²) in [5, 5.41) is 0. The quantitative estimate of drug-likeness (QED) is 0.442. The van der Waals surface area contributed by atoms with Gasteiger partial charge in [-0.2, -0.15) is 0 Å². The number of hydrazine groups is 1. The summed E-state index contributed by atoms with van der Waals surface area (Å²) in [6, 6.07) is 7.35. The van der Waals surface area contributed by atoms with E-state index in [9.17, 15) is 4.79 Å². The molecule has 1 rings (SSSR count). The molecule has 0 heterocycles. The summed E-state index contributed by atoms with van der Waals surface area (Å²) in [5.74, 6) is 5.68. The first-order valence-corrected chi connectivity index (χ1v) is 4.68. The lowest BCUT2D eigenvalue weighted by Crippen LogP contribution is -2.43. The molecule has 0 saturated heterocycles. The smallest absolute Gasteiger partial charge is 0.243 e. The van der Waals surface area contributed by atoms with Crippen molar-refractivity contribution in [2.75, 3.05) is 7.11 Å². The number of carbonyl (C=O) groups excluding carboxylic acids is 1. The van der Waals surface area contributed by atoms with E-state index in [-0.39, 0.29) is 5.91 Å². The number of amides is 1. The maximum absolute atomic E-state index is 11.5. The van der Waals surface area contributed by atoms with Gasteiger partial charge in [-0.05, 0) is 31.5 Å². The minimum atomic E-state index is -0.638. The monoisotopic (exact) mass is 208 g/mol. The van der Waals surface area contributed by atoms with Crippen LogP contribution in [0.4, 0.5) is 0 Å². The number of ether oxygens (including phenoxy) is 1. The van der Waals surface area contributed by atoms with Gasteiger partial charge in [0.2, 0.25) is 5.91 Å². The summed E-state index contributed by atoms with van der Waals surface area (Å²) in [7, 11) is 1.60. The van der Waals surface area contributed by atoms with E-state index in [1.165, 1.54) is 0 Å². The van der Waals surface area contributed by atoms with Crippen molar-refractivity contribution in [3.63, 3.8) is 0 Å². The molecule has 0 aliphatic carbocycles. The zero-order valence-corrected chi connectivity index (χ0v) is 9.20. The van der Waals surface area contributed by atoms with E-state index in [0.717, 1.165) is 11.3 Å². The number of benzene rings is 1. The zero-order valence-electron chi connectivity index (χ0n) is 9.20. The predicted octanol–water partition coefficient (Wildman–Crippen LogP) is 0.963. The Morgan fingerprint density at radius 1 is 1.33 bits per heavy atom. The Morgan fingerprint density at radius 3 is 2.27 bits per heavy atom. The third-order valence-electron chi connectivity index (χ3n) is 2.51. The Bertz CT molecular complexity index is 344. The second-order valence-corrected chi connectivity index (χ2v) is 3.83. The van der Waals surface area contributed by atoms with E-state index in [0.29, 0.717) is 0 Å². The average Bonchev–Trinajstić information content (AvgIpc) is 2.28. The minimum absolute atomic E-state index is 0.215. The number of nitrogens with one attached hydrogen (secondary N) is 1. The molecule has 0 aromatic heterocycles. The summed E-state index contributed by atoms with van der Waals surface area (Å²) < 4.78 is 5.04. The first kappa shape index (κ1) is 11.5. The van der Waals surface area contributed by atoms with Gasteiger partial charge in [0, 0.05) is 0 Å². The second-order valence-electron chi connectivity index (χ2n) is 3.83. The first-order chi connectivity index (χ1) is 7.02. The van der Waals surface area contributed by atoms with Crippen molar-refractivity contribution in [1.29, 1.82) is 0 Å². The van der Waals surface area contributed by atoms with Crippen LogP contribution in [0.25, 0.3) is 0 Å². The minimum Gasteiger partial charge on any atom is -0.497 e. The van der Waals surface area contributed by atoms with E-state index < -0.39 is 5.41 Å².